The molecule has 0 bridgehead atoms. The van der Waals surface area contributed by atoms with Crippen molar-refractivity contribution in [2.24, 2.45) is 4.99 Å². The molecule has 0 aliphatic carbocycles. The lowest BCUT2D eigenvalue weighted by Gasteiger charge is -2.07. The van der Waals surface area contributed by atoms with E-state index in [1.165, 1.54) is 5.69 Å². The molecule has 1 N–H and O–H groups in total. The van der Waals surface area contributed by atoms with Gasteiger partial charge in [0.05, 0.1) is 12.2 Å². The first-order valence-electron chi connectivity index (χ1n) is 6.11. The highest BCUT2D eigenvalue weighted by atomic mass is 32.2. The molecule has 0 amide bonds. The summed E-state index contributed by atoms with van der Waals surface area (Å²) < 4.78 is 2.07. The predicted molar refractivity (Wildman–Crippen MR) is 73.7 cm³/mol. The maximum Gasteiger partial charge on any atom is 0.156 e. The second-order valence-corrected chi connectivity index (χ2v) is 5.93. The van der Waals surface area contributed by atoms with E-state index in [0.29, 0.717) is 5.25 Å². The van der Waals surface area contributed by atoms with E-state index in [4.69, 9.17) is 0 Å². The van der Waals surface area contributed by atoms with E-state index in [1.807, 2.05) is 18.7 Å². The summed E-state index contributed by atoms with van der Waals surface area (Å²) in [6.45, 7) is 9.24. The first-order valence-corrected chi connectivity index (χ1v) is 6.99. The molecule has 0 saturated heterocycles. The van der Waals surface area contributed by atoms with Crippen molar-refractivity contribution < 1.29 is 0 Å². The van der Waals surface area contributed by atoms with E-state index in [0.717, 1.165) is 36.9 Å². The van der Waals surface area contributed by atoms with Crippen LogP contribution in [0.1, 0.15) is 24.7 Å². The zero-order valence-corrected chi connectivity index (χ0v) is 11.5. The molecule has 2 heterocycles. The van der Waals surface area contributed by atoms with E-state index in [-0.39, 0.29) is 0 Å². The van der Waals surface area contributed by atoms with Crippen molar-refractivity contribution in [3.63, 3.8) is 0 Å². The average molecular weight is 252 g/mol. The van der Waals surface area contributed by atoms with Crippen LogP contribution in [-0.4, -0.2) is 33.3 Å². The number of hydrogen-bond donors (Lipinski definition) is 1. The molecule has 4 nitrogen and oxygen atoms in total. The molecule has 0 aromatic carbocycles. The Balaban J connectivity index is 1.68. The molecule has 5 heteroatoms. The first-order chi connectivity index (χ1) is 8.15. The third kappa shape index (κ3) is 3.49. The SMILES string of the molecule is Cc1cc(C)n(CCCNC2=NCC(C)S2)n1. The fourth-order valence-corrected chi connectivity index (χ4v) is 2.76. The molecule has 94 valence electrons. The lowest BCUT2D eigenvalue weighted by Crippen LogP contribution is -2.22. The van der Waals surface area contributed by atoms with Gasteiger partial charge in [-0.2, -0.15) is 5.10 Å². The number of aromatic nitrogens is 2. The molecule has 0 fully saturated rings. The molecule has 1 unspecified atom stereocenters. The van der Waals surface area contributed by atoms with Crippen LogP contribution in [0, 0.1) is 13.8 Å². The van der Waals surface area contributed by atoms with Crippen LogP contribution < -0.4 is 5.32 Å². The number of aryl methyl sites for hydroxylation is 3. The van der Waals surface area contributed by atoms with Gasteiger partial charge in [0, 0.05) is 24.0 Å². The number of amidine groups is 1. The van der Waals surface area contributed by atoms with Gasteiger partial charge < -0.3 is 5.32 Å². The van der Waals surface area contributed by atoms with Crippen LogP contribution in [0.5, 0.6) is 0 Å². The van der Waals surface area contributed by atoms with Crippen LogP contribution in [0.3, 0.4) is 0 Å². The number of nitrogens with one attached hydrogen (secondary N) is 1. The van der Waals surface area contributed by atoms with Gasteiger partial charge >= 0.3 is 0 Å². The Morgan fingerprint density at radius 2 is 2.35 bits per heavy atom. The maximum atomic E-state index is 4.45. The molecule has 0 spiro atoms. The number of aliphatic imine (C=N–C) groups is 1. The average Bonchev–Trinajstić information content (AvgIpc) is 2.81. The summed E-state index contributed by atoms with van der Waals surface area (Å²) in [5.74, 6) is 0. The Labute approximate surface area is 107 Å². The Kier molecular flexibility index (Phi) is 4.10. The largest absolute Gasteiger partial charge is 0.365 e. The van der Waals surface area contributed by atoms with Crippen LogP contribution in [0.15, 0.2) is 11.1 Å². The summed E-state index contributed by atoms with van der Waals surface area (Å²) >= 11 is 1.84. The van der Waals surface area contributed by atoms with E-state index < -0.39 is 0 Å². The van der Waals surface area contributed by atoms with Gasteiger partial charge in [0.15, 0.2) is 5.17 Å². The smallest absolute Gasteiger partial charge is 0.156 e. The zero-order valence-electron chi connectivity index (χ0n) is 10.7. The first kappa shape index (κ1) is 12.5. The fourth-order valence-electron chi connectivity index (χ4n) is 1.90. The third-order valence-corrected chi connectivity index (χ3v) is 3.78. The van der Waals surface area contributed by atoms with E-state index in [1.54, 1.807) is 0 Å². The zero-order chi connectivity index (χ0) is 12.3. The Bertz CT molecular complexity index is 411. The van der Waals surface area contributed by atoms with Crippen molar-refractivity contribution in [1.29, 1.82) is 0 Å². The molecule has 1 aromatic rings. The molecule has 1 aromatic heterocycles. The minimum absolute atomic E-state index is 0.633. The van der Waals surface area contributed by atoms with Gasteiger partial charge in [0.25, 0.3) is 0 Å². The van der Waals surface area contributed by atoms with Gasteiger partial charge in [0.1, 0.15) is 0 Å². The van der Waals surface area contributed by atoms with Crippen molar-refractivity contribution in [3.8, 4) is 0 Å². The van der Waals surface area contributed by atoms with Crippen molar-refractivity contribution >= 4 is 16.9 Å². The quantitative estimate of drug-likeness (QED) is 0.833. The number of thioether (sulfide) groups is 1. The van der Waals surface area contributed by atoms with Crippen LogP contribution in [0.4, 0.5) is 0 Å². The summed E-state index contributed by atoms with van der Waals surface area (Å²) in [5, 5.41) is 9.56. The highest BCUT2D eigenvalue weighted by Gasteiger charge is 2.13. The van der Waals surface area contributed by atoms with E-state index in [9.17, 15) is 0 Å². The summed E-state index contributed by atoms with van der Waals surface area (Å²) in [5.41, 5.74) is 2.34. The maximum absolute atomic E-state index is 4.45. The second kappa shape index (κ2) is 5.58. The van der Waals surface area contributed by atoms with E-state index >= 15 is 0 Å². The molecule has 2 rings (SSSR count). The van der Waals surface area contributed by atoms with Gasteiger partial charge in [-0.1, -0.05) is 18.7 Å². The van der Waals surface area contributed by atoms with Crippen molar-refractivity contribution in [2.75, 3.05) is 13.1 Å². The third-order valence-electron chi connectivity index (χ3n) is 2.73. The standard InChI is InChI=1S/C12H20N4S/c1-9-7-10(2)16(15-9)6-4-5-13-12-14-8-11(3)17-12/h7,11H,4-6,8H2,1-3H3,(H,13,14). The second-order valence-electron chi connectivity index (χ2n) is 4.50. The molecule has 1 atom stereocenters. The number of hydrogen-bond acceptors (Lipinski definition) is 4. The predicted octanol–water partition coefficient (Wildman–Crippen LogP) is 1.97. The lowest BCUT2D eigenvalue weighted by molar-refractivity contribution is 0.558. The summed E-state index contributed by atoms with van der Waals surface area (Å²) in [6.07, 6.45) is 1.08. The highest BCUT2D eigenvalue weighted by molar-refractivity contribution is 8.14. The summed E-state index contributed by atoms with van der Waals surface area (Å²) in [4.78, 5) is 4.43. The molecule has 1 aliphatic heterocycles. The normalized spacial score (nSPS) is 19.5. The van der Waals surface area contributed by atoms with Gasteiger partial charge in [-0.05, 0) is 26.3 Å². The number of rotatable bonds is 4. The van der Waals surface area contributed by atoms with Crippen molar-refractivity contribution in [1.82, 2.24) is 15.1 Å². The minimum atomic E-state index is 0.633. The molecule has 1 aliphatic rings. The van der Waals surface area contributed by atoms with Crippen LogP contribution in [0.25, 0.3) is 0 Å². The molecule has 0 saturated carbocycles. The van der Waals surface area contributed by atoms with Gasteiger partial charge in [-0.3, -0.25) is 9.67 Å². The molecule has 0 radical (unpaired) electrons. The van der Waals surface area contributed by atoms with Crippen molar-refractivity contribution in [3.05, 3.63) is 17.5 Å². The highest BCUT2D eigenvalue weighted by Crippen LogP contribution is 2.18. The van der Waals surface area contributed by atoms with Crippen LogP contribution >= 0.6 is 11.8 Å². The van der Waals surface area contributed by atoms with Gasteiger partial charge in [-0.15, -0.1) is 0 Å². The molecular formula is C12H20N4S. The van der Waals surface area contributed by atoms with Crippen LogP contribution in [0.2, 0.25) is 0 Å². The fraction of sp³-hybridized carbons (Fsp3) is 0.667. The number of nitrogens with zero attached hydrogens (tertiary/aromatic N) is 3. The van der Waals surface area contributed by atoms with Crippen LogP contribution in [-0.2, 0) is 6.54 Å². The summed E-state index contributed by atoms with van der Waals surface area (Å²) in [6, 6.07) is 2.12. The molecular weight excluding hydrogens is 232 g/mol. The summed E-state index contributed by atoms with van der Waals surface area (Å²) in [7, 11) is 0. The Hall–Kier alpha value is -0.970. The Morgan fingerprint density at radius 3 is 2.94 bits per heavy atom. The van der Waals surface area contributed by atoms with E-state index in [2.05, 4.69) is 40.0 Å². The minimum Gasteiger partial charge on any atom is -0.365 e. The van der Waals surface area contributed by atoms with Gasteiger partial charge in [-0.25, -0.2) is 0 Å². The monoisotopic (exact) mass is 252 g/mol. The van der Waals surface area contributed by atoms with Crippen molar-refractivity contribution in [2.45, 2.75) is 39.0 Å². The molecule has 17 heavy (non-hydrogen) atoms. The Morgan fingerprint density at radius 1 is 1.53 bits per heavy atom. The topological polar surface area (TPSA) is 42.2 Å². The van der Waals surface area contributed by atoms with Gasteiger partial charge in [0.2, 0.25) is 0 Å². The lowest BCUT2D eigenvalue weighted by atomic mass is 10.4.